The second-order valence-corrected chi connectivity index (χ2v) is 6.41. The second kappa shape index (κ2) is 7.23. The molecule has 1 aliphatic heterocycles. The average molecular weight is 342 g/mol. The molecule has 0 aliphatic carbocycles. The molecule has 2 atom stereocenters. The van der Waals surface area contributed by atoms with Crippen molar-refractivity contribution >= 4 is 16.7 Å². The van der Waals surface area contributed by atoms with Crippen molar-refractivity contribution in [1.82, 2.24) is 10.3 Å². The highest BCUT2D eigenvalue weighted by atomic mass is 16.5. The molecule has 0 bridgehead atoms. The number of pyridine rings is 1. The van der Waals surface area contributed by atoms with E-state index in [9.17, 15) is 10.4 Å². The molecule has 3 rings (SSSR count). The molecule has 0 amide bonds. The van der Waals surface area contributed by atoms with Gasteiger partial charge in [-0.1, -0.05) is 0 Å². The van der Waals surface area contributed by atoms with Crippen molar-refractivity contribution in [2.75, 3.05) is 38.8 Å². The third-order valence-electron chi connectivity index (χ3n) is 4.34. The summed E-state index contributed by atoms with van der Waals surface area (Å²) in [4.78, 5) is 4.55. The number of ether oxygens (including phenoxy) is 2. The summed E-state index contributed by atoms with van der Waals surface area (Å²) < 4.78 is 10.8. The molecule has 25 heavy (non-hydrogen) atoms. The molecule has 132 valence electrons. The van der Waals surface area contributed by atoms with E-state index in [0.29, 0.717) is 31.1 Å². The Hall–Kier alpha value is -2.40. The number of aliphatic hydroxyl groups is 1. The molecule has 1 fully saturated rings. The third kappa shape index (κ3) is 3.66. The van der Waals surface area contributed by atoms with Crippen LogP contribution in [0.1, 0.15) is 12.5 Å². The van der Waals surface area contributed by atoms with Crippen molar-refractivity contribution in [3.8, 4) is 11.8 Å². The molecule has 1 aromatic heterocycles. The predicted octanol–water partition coefficient (Wildman–Crippen LogP) is 1.27. The van der Waals surface area contributed by atoms with Gasteiger partial charge in [-0.3, -0.25) is 0 Å². The standard InChI is InChI=1S/C18H22N4O3/c1-12-8-25-11-18(10-23,22-12)9-20-17-14(7-19)5-13-6-15(24-2)3-4-16(13)21-17/h3-6,12,22-23H,8-11H2,1-2H3,(H,20,21)/t12-,18+/m1/s1. The Morgan fingerprint density at radius 2 is 2.36 bits per heavy atom. The van der Waals surface area contributed by atoms with E-state index in [4.69, 9.17) is 9.47 Å². The van der Waals surface area contributed by atoms with Gasteiger partial charge >= 0.3 is 0 Å². The van der Waals surface area contributed by atoms with E-state index in [1.165, 1.54) is 0 Å². The number of nitrogens with one attached hydrogen (secondary N) is 2. The number of rotatable bonds is 5. The Kier molecular flexibility index (Phi) is 5.04. The van der Waals surface area contributed by atoms with Gasteiger partial charge in [0.2, 0.25) is 0 Å². The number of anilines is 1. The minimum absolute atomic E-state index is 0.0724. The quantitative estimate of drug-likeness (QED) is 0.752. The lowest BCUT2D eigenvalue weighted by atomic mass is 9.98. The van der Waals surface area contributed by atoms with Gasteiger partial charge in [0.15, 0.2) is 0 Å². The van der Waals surface area contributed by atoms with Crippen molar-refractivity contribution < 1.29 is 14.6 Å². The van der Waals surface area contributed by atoms with E-state index in [1.54, 1.807) is 13.2 Å². The first-order valence-electron chi connectivity index (χ1n) is 8.18. The van der Waals surface area contributed by atoms with Gasteiger partial charge < -0.3 is 25.2 Å². The number of morpholine rings is 1. The van der Waals surface area contributed by atoms with Crippen molar-refractivity contribution in [2.24, 2.45) is 0 Å². The number of aliphatic hydroxyl groups excluding tert-OH is 1. The fourth-order valence-corrected chi connectivity index (χ4v) is 3.04. The van der Waals surface area contributed by atoms with E-state index >= 15 is 0 Å². The Morgan fingerprint density at radius 3 is 3.04 bits per heavy atom. The molecule has 0 unspecified atom stereocenters. The number of aromatic nitrogens is 1. The number of benzene rings is 1. The maximum Gasteiger partial charge on any atom is 0.144 e. The van der Waals surface area contributed by atoms with E-state index in [2.05, 4.69) is 21.7 Å². The molecular formula is C18H22N4O3. The molecule has 7 heteroatoms. The van der Waals surface area contributed by atoms with Gasteiger partial charge in [-0.2, -0.15) is 5.26 Å². The van der Waals surface area contributed by atoms with E-state index < -0.39 is 5.54 Å². The van der Waals surface area contributed by atoms with Crippen LogP contribution in [0, 0.1) is 11.3 Å². The summed E-state index contributed by atoms with van der Waals surface area (Å²) in [6.45, 7) is 3.34. The van der Waals surface area contributed by atoms with Crippen LogP contribution in [-0.2, 0) is 4.74 Å². The van der Waals surface area contributed by atoms with Crippen LogP contribution >= 0.6 is 0 Å². The fourth-order valence-electron chi connectivity index (χ4n) is 3.04. The van der Waals surface area contributed by atoms with Crippen LogP contribution in [0.3, 0.4) is 0 Å². The van der Waals surface area contributed by atoms with Crippen LogP contribution in [0.2, 0.25) is 0 Å². The first-order chi connectivity index (χ1) is 12.1. The summed E-state index contributed by atoms with van der Waals surface area (Å²) in [5.74, 6) is 1.21. The van der Waals surface area contributed by atoms with E-state index in [0.717, 1.165) is 16.7 Å². The van der Waals surface area contributed by atoms with Crippen LogP contribution in [0.25, 0.3) is 10.9 Å². The van der Waals surface area contributed by atoms with Gasteiger partial charge in [0, 0.05) is 18.0 Å². The van der Waals surface area contributed by atoms with E-state index in [-0.39, 0.29) is 12.6 Å². The van der Waals surface area contributed by atoms with E-state index in [1.807, 2.05) is 25.1 Å². The maximum absolute atomic E-state index is 9.81. The summed E-state index contributed by atoms with van der Waals surface area (Å²) in [6.07, 6.45) is 0. The molecule has 0 spiro atoms. The number of nitrogens with zero attached hydrogens (tertiary/aromatic N) is 2. The summed E-state index contributed by atoms with van der Waals surface area (Å²) in [5.41, 5.74) is 0.612. The number of methoxy groups -OCH3 is 1. The van der Waals surface area contributed by atoms with Crippen LogP contribution in [0.4, 0.5) is 5.82 Å². The summed E-state index contributed by atoms with van der Waals surface area (Å²) in [7, 11) is 1.60. The number of hydrogen-bond donors (Lipinski definition) is 3. The SMILES string of the molecule is COc1ccc2nc(NC[C@]3(CO)COC[C@@H](C)N3)c(C#N)cc2c1. The van der Waals surface area contributed by atoms with Crippen molar-refractivity contribution in [2.45, 2.75) is 18.5 Å². The fraction of sp³-hybridized carbons (Fsp3) is 0.444. The molecular weight excluding hydrogens is 320 g/mol. The molecule has 3 N–H and O–H groups in total. The Morgan fingerprint density at radius 1 is 1.52 bits per heavy atom. The van der Waals surface area contributed by atoms with Crippen molar-refractivity contribution in [3.63, 3.8) is 0 Å². The molecule has 1 saturated heterocycles. The lowest BCUT2D eigenvalue weighted by Crippen LogP contribution is -2.63. The van der Waals surface area contributed by atoms with Crippen LogP contribution in [0.5, 0.6) is 5.75 Å². The summed E-state index contributed by atoms with van der Waals surface area (Å²) in [5, 5.41) is 26.7. The Balaban J connectivity index is 1.86. The zero-order valence-corrected chi connectivity index (χ0v) is 14.4. The highest BCUT2D eigenvalue weighted by molar-refractivity contribution is 5.84. The third-order valence-corrected chi connectivity index (χ3v) is 4.34. The lowest BCUT2D eigenvalue weighted by Gasteiger charge is -2.40. The van der Waals surface area contributed by atoms with Gasteiger partial charge in [0.05, 0.1) is 43.5 Å². The molecule has 1 aliphatic rings. The Bertz CT molecular complexity index is 805. The zero-order chi connectivity index (χ0) is 17.9. The molecule has 1 aromatic carbocycles. The predicted molar refractivity (Wildman–Crippen MR) is 94.7 cm³/mol. The minimum Gasteiger partial charge on any atom is -0.497 e. The van der Waals surface area contributed by atoms with Gasteiger partial charge in [-0.15, -0.1) is 0 Å². The highest BCUT2D eigenvalue weighted by Crippen LogP contribution is 2.24. The summed E-state index contributed by atoms with van der Waals surface area (Å²) in [6, 6.07) is 9.64. The number of fused-ring (bicyclic) bond motifs is 1. The van der Waals surface area contributed by atoms with Crippen molar-refractivity contribution in [3.05, 3.63) is 29.8 Å². The monoisotopic (exact) mass is 342 g/mol. The summed E-state index contributed by atoms with van der Waals surface area (Å²) >= 11 is 0. The number of nitriles is 1. The minimum atomic E-state index is -0.596. The normalized spacial score (nSPS) is 23.2. The highest BCUT2D eigenvalue weighted by Gasteiger charge is 2.34. The largest absolute Gasteiger partial charge is 0.497 e. The smallest absolute Gasteiger partial charge is 0.144 e. The lowest BCUT2D eigenvalue weighted by molar-refractivity contribution is -0.0158. The zero-order valence-electron chi connectivity index (χ0n) is 14.4. The first kappa shape index (κ1) is 17.4. The number of hydrogen-bond acceptors (Lipinski definition) is 7. The molecule has 0 saturated carbocycles. The van der Waals surface area contributed by atoms with Gasteiger partial charge in [-0.05, 0) is 31.2 Å². The van der Waals surface area contributed by atoms with Gasteiger partial charge in [-0.25, -0.2) is 4.98 Å². The Labute approximate surface area is 146 Å². The average Bonchev–Trinajstić information content (AvgIpc) is 2.65. The van der Waals surface area contributed by atoms with Crippen molar-refractivity contribution in [1.29, 1.82) is 5.26 Å². The van der Waals surface area contributed by atoms with Gasteiger partial charge in [0.25, 0.3) is 0 Å². The van der Waals surface area contributed by atoms with Crippen LogP contribution in [-0.4, -0.2) is 55.1 Å². The molecule has 0 radical (unpaired) electrons. The molecule has 7 nitrogen and oxygen atoms in total. The molecule has 2 aromatic rings. The maximum atomic E-state index is 9.81. The second-order valence-electron chi connectivity index (χ2n) is 6.41. The van der Waals surface area contributed by atoms with Gasteiger partial charge in [0.1, 0.15) is 17.6 Å². The molecule has 2 heterocycles. The first-order valence-corrected chi connectivity index (χ1v) is 8.18. The van der Waals surface area contributed by atoms with Crippen LogP contribution in [0.15, 0.2) is 24.3 Å². The topological polar surface area (TPSA) is 99.4 Å². The van der Waals surface area contributed by atoms with Crippen LogP contribution < -0.4 is 15.4 Å².